The SMILES string of the molecule is OCC1(CNc2ncnc3ccc(O)cc23)CCOCC1. The molecule has 6 heteroatoms. The standard InChI is InChI=1S/C15H19N3O3/c19-9-15(3-5-21-6-4-15)8-16-14-12-7-11(20)1-2-13(12)17-10-18-14/h1-2,7,10,19-20H,3-6,8-9H2,(H,16,17,18). The van der Waals surface area contributed by atoms with E-state index in [4.69, 9.17) is 4.74 Å². The van der Waals surface area contributed by atoms with Gasteiger partial charge in [0.1, 0.15) is 17.9 Å². The minimum absolute atomic E-state index is 0.123. The maximum absolute atomic E-state index is 9.71. The summed E-state index contributed by atoms with van der Waals surface area (Å²) < 4.78 is 5.37. The zero-order chi connectivity index (χ0) is 14.7. The van der Waals surface area contributed by atoms with Crippen molar-refractivity contribution in [2.75, 3.05) is 31.7 Å². The van der Waals surface area contributed by atoms with Crippen molar-refractivity contribution < 1.29 is 14.9 Å². The number of phenols is 1. The molecule has 0 saturated carbocycles. The highest BCUT2D eigenvalue weighted by Gasteiger charge is 2.32. The molecule has 1 aromatic heterocycles. The van der Waals surface area contributed by atoms with Gasteiger partial charge >= 0.3 is 0 Å². The fourth-order valence-electron chi connectivity index (χ4n) is 2.65. The molecule has 6 nitrogen and oxygen atoms in total. The zero-order valence-corrected chi connectivity index (χ0v) is 11.7. The van der Waals surface area contributed by atoms with Crippen LogP contribution in [0.4, 0.5) is 5.82 Å². The number of hydrogen-bond acceptors (Lipinski definition) is 6. The highest BCUT2D eigenvalue weighted by molar-refractivity contribution is 5.89. The van der Waals surface area contributed by atoms with E-state index in [9.17, 15) is 10.2 Å². The second-order valence-corrected chi connectivity index (χ2v) is 5.55. The van der Waals surface area contributed by atoms with E-state index in [1.54, 1.807) is 18.2 Å². The van der Waals surface area contributed by atoms with Gasteiger partial charge in [-0.25, -0.2) is 9.97 Å². The zero-order valence-electron chi connectivity index (χ0n) is 11.7. The Kier molecular flexibility index (Phi) is 3.90. The molecule has 112 valence electrons. The van der Waals surface area contributed by atoms with E-state index in [2.05, 4.69) is 15.3 Å². The van der Waals surface area contributed by atoms with Gasteiger partial charge < -0.3 is 20.3 Å². The number of rotatable bonds is 4. The van der Waals surface area contributed by atoms with Gasteiger partial charge in [0.15, 0.2) is 0 Å². The number of aliphatic hydroxyl groups is 1. The third-order valence-corrected chi connectivity index (χ3v) is 4.14. The molecule has 0 bridgehead atoms. The molecule has 1 aromatic carbocycles. The molecule has 1 aliphatic heterocycles. The molecule has 2 heterocycles. The van der Waals surface area contributed by atoms with Crippen LogP contribution in [0.2, 0.25) is 0 Å². The summed E-state index contributed by atoms with van der Waals surface area (Å²) in [4.78, 5) is 8.44. The predicted octanol–water partition coefficient (Wildman–Crippen LogP) is 1.54. The van der Waals surface area contributed by atoms with Gasteiger partial charge in [-0.3, -0.25) is 0 Å². The maximum atomic E-state index is 9.71. The van der Waals surface area contributed by atoms with Crippen LogP contribution < -0.4 is 5.32 Å². The van der Waals surface area contributed by atoms with Gasteiger partial charge in [0.2, 0.25) is 0 Å². The number of aliphatic hydroxyl groups excluding tert-OH is 1. The normalized spacial score (nSPS) is 17.8. The number of fused-ring (bicyclic) bond motifs is 1. The van der Waals surface area contributed by atoms with Crippen LogP contribution in [-0.2, 0) is 4.74 Å². The van der Waals surface area contributed by atoms with Crippen LogP contribution in [0.3, 0.4) is 0 Å². The predicted molar refractivity (Wildman–Crippen MR) is 79.3 cm³/mol. The number of anilines is 1. The average molecular weight is 289 g/mol. The van der Waals surface area contributed by atoms with E-state index in [0.717, 1.165) is 23.7 Å². The first-order valence-corrected chi connectivity index (χ1v) is 7.09. The van der Waals surface area contributed by atoms with Gasteiger partial charge in [-0.2, -0.15) is 0 Å². The molecule has 0 amide bonds. The lowest BCUT2D eigenvalue weighted by Crippen LogP contribution is -2.39. The summed E-state index contributed by atoms with van der Waals surface area (Å²) in [5.41, 5.74) is 0.599. The number of aromatic hydroxyl groups is 1. The molecule has 1 fully saturated rings. The van der Waals surface area contributed by atoms with Crippen LogP contribution in [0.15, 0.2) is 24.5 Å². The van der Waals surface area contributed by atoms with Crippen LogP contribution in [-0.4, -0.2) is 46.5 Å². The first-order chi connectivity index (χ1) is 10.2. The second kappa shape index (κ2) is 5.83. The van der Waals surface area contributed by atoms with Crippen molar-refractivity contribution in [1.29, 1.82) is 0 Å². The molecular weight excluding hydrogens is 270 g/mol. The monoisotopic (exact) mass is 289 g/mol. The summed E-state index contributed by atoms with van der Waals surface area (Å²) >= 11 is 0. The minimum Gasteiger partial charge on any atom is -0.508 e. The molecular formula is C15H19N3O3. The number of hydrogen-bond donors (Lipinski definition) is 3. The number of benzene rings is 1. The molecule has 2 aromatic rings. The van der Waals surface area contributed by atoms with E-state index < -0.39 is 0 Å². The van der Waals surface area contributed by atoms with Crippen molar-refractivity contribution in [2.24, 2.45) is 5.41 Å². The van der Waals surface area contributed by atoms with Gasteiger partial charge in [0.25, 0.3) is 0 Å². The van der Waals surface area contributed by atoms with E-state index in [1.807, 2.05) is 0 Å². The quantitative estimate of drug-likeness (QED) is 0.791. The van der Waals surface area contributed by atoms with Gasteiger partial charge in [-0.05, 0) is 31.0 Å². The molecule has 0 aliphatic carbocycles. The number of nitrogens with zero attached hydrogens (tertiary/aromatic N) is 2. The summed E-state index contributed by atoms with van der Waals surface area (Å²) in [6, 6.07) is 5.01. The Balaban J connectivity index is 1.83. The van der Waals surface area contributed by atoms with Crippen LogP contribution >= 0.6 is 0 Å². The molecule has 3 N–H and O–H groups in total. The largest absolute Gasteiger partial charge is 0.508 e. The topological polar surface area (TPSA) is 87.5 Å². The van der Waals surface area contributed by atoms with E-state index >= 15 is 0 Å². The lowest BCUT2D eigenvalue weighted by Gasteiger charge is -2.35. The van der Waals surface area contributed by atoms with E-state index in [0.29, 0.717) is 25.6 Å². The first-order valence-electron chi connectivity index (χ1n) is 7.09. The van der Waals surface area contributed by atoms with Crippen molar-refractivity contribution in [2.45, 2.75) is 12.8 Å². The first kappa shape index (κ1) is 14.0. The third kappa shape index (κ3) is 2.91. The summed E-state index contributed by atoms with van der Waals surface area (Å²) in [6.45, 7) is 2.09. The fourth-order valence-corrected chi connectivity index (χ4v) is 2.65. The maximum Gasteiger partial charge on any atom is 0.137 e. The highest BCUT2D eigenvalue weighted by atomic mass is 16.5. The van der Waals surface area contributed by atoms with Crippen molar-refractivity contribution in [3.63, 3.8) is 0 Å². The molecule has 0 radical (unpaired) electrons. The Bertz CT molecular complexity index is 627. The third-order valence-electron chi connectivity index (χ3n) is 4.14. The molecule has 1 aliphatic rings. The summed E-state index contributed by atoms with van der Waals surface area (Å²) in [5.74, 6) is 0.860. The average Bonchev–Trinajstić information content (AvgIpc) is 2.54. The molecule has 0 spiro atoms. The van der Waals surface area contributed by atoms with Crippen LogP contribution in [0.25, 0.3) is 10.9 Å². The van der Waals surface area contributed by atoms with E-state index in [-0.39, 0.29) is 17.8 Å². The van der Waals surface area contributed by atoms with Crippen molar-refractivity contribution in [1.82, 2.24) is 9.97 Å². The lowest BCUT2D eigenvalue weighted by atomic mass is 9.81. The van der Waals surface area contributed by atoms with Crippen LogP contribution in [0.5, 0.6) is 5.75 Å². The Morgan fingerprint density at radius 1 is 1.24 bits per heavy atom. The van der Waals surface area contributed by atoms with Crippen molar-refractivity contribution >= 4 is 16.7 Å². The van der Waals surface area contributed by atoms with Crippen LogP contribution in [0, 0.1) is 5.41 Å². The van der Waals surface area contributed by atoms with Crippen molar-refractivity contribution in [3.8, 4) is 5.75 Å². The smallest absolute Gasteiger partial charge is 0.137 e. The minimum atomic E-state index is -0.174. The van der Waals surface area contributed by atoms with Gasteiger partial charge in [-0.15, -0.1) is 0 Å². The highest BCUT2D eigenvalue weighted by Crippen LogP contribution is 2.31. The van der Waals surface area contributed by atoms with Crippen molar-refractivity contribution in [3.05, 3.63) is 24.5 Å². The Morgan fingerprint density at radius 2 is 2.05 bits per heavy atom. The van der Waals surface area contributed by atoms with Gasteiger partial charge in [0, 0.05) is 30.6 Å². The Morgan fingerprint density at radius 3 is 2.81 bits per heavy atom. The fraction of sp³-hybridized carbons (Fsp3) is 0.467. The van der Waals surface area contributed by atoms with E-state index in [1.165, 1.54) is 6.33 Å². The number of phenolic OH excluding ortho intramolecular Hbond substituents is 1. The summed E-state index contributed by atoms with van der Waals surface area (Å²) in [6.07, 6.45) is 3.15. The molecule has 1 saturated heterocycles. The summed E-state index contributed by atoms with van der Waals surface area (Å²) in [7, 11) is 0. The lowest BCUT2D eigenvalue weighted by molar-refractivity contribution is -0.00860. The molecule has 0 unspecified atom stereocenters. The Labute approximate surface area is 122 Å². The number of aromatic nitrogens is 2. The van der Waals surface area contributed by atoms with Crippen LogP contribution in [0.1, 0.15) is 12.8 Å². The second-order valence-electron chi connectivity index (χ2n) is 5.55. The Hall–Kier alpha value is -1.92. The number of ether oxygens (including phenoxy) is 1. The molecule has 0 atom stereocenters. The van der Waals surface area contributed by atoms with Gasteiger partial charge in [0.05, 0.1) is 12.1 Å². The summed E-state index contributed by atoms with van der Waals surface area (Å²) in [5, 5.41) is 23.4. The number of nitrogens with one attached hydrogen (secondary N) is 1. The molecule has 3 rings (SSSR count). The molecule has 21 heavy (non-hydrogen) atoms. The van der Waals surface area contributed by atoms with Gasteiger partial charge in [-0.1, -0.05) is 0 Å².